The van der Waals surface area contributed by atoms with Gasteiger partial charge in [-0.15, -0.1) is 0 Å². The van der Waals surface area contributed by atoms with Crippen molar-refractivity contribution in [2.45, 2.75) is 89.8 Å². The summed E-state index contributed by atoms with van der Waals surface area (Å²) in [4.78, 5) is 40.1. The second-order valence-corrected chi connectivity index (χ2v) is 12.5. The second kappa shape index (κ2) is 14.5. The number of rotatable bonds is 9. The van der Waals surface area contributed by atoms with Crippen LogP contribution >= 0.6 is 0 Å². The SMILES string of the molecule is CC(C)(C)OC(=O)N1CCC(COC(=O)C2(c3cccc(/C=C/CC(=O)OCc4ccccc4)c3)CCCCC2)CC1. The minimum Gasteiger partial charge on any atom is -0.465 e. The molecule has 7 heteroatoms. The van der Waals surface area contributed by atoms with E-state index in [0.29, 0.717) is 19.7 Å². The first-order chi connectivity index (χ1) is 20.1. The van der Waals surface area contributed by atoms with Crippen LogP contribution in [-0.4, -0.2) is 48.2 Å². The van der Waals surface area contributed by atoms with Gasteiger partial charge in [-0.2, -0.15) is 0 Å². The van der Waals surface area contributed by atoms with Gasteiger partial charge >= 0.3 is 18.0 Å². The Balaban J connectivity index is 1.32. The van der Waals surface area contributed by atoms with Gasteiger partial charge in [0.05, 0.1) is 18.4 Å². The standard InChI is InChI=1S/C35H45NO6/c1-34(2,3)42-33(39)36-22-18-29(19-23-36)26-41-32(38)35(20-8-5-9-21-35)30-16-10-14-27(24-30)15-11-17-31(37)40-25-28-12-6-4-7-13-28/h4,6-7,10-16,24,29H,5,8-9,17-23,25-26H2,1-3H3/b15-11+. The Labute approximate surface area is 250 Å². The number of piperidine rings is 1. The highest BCUT2D eigenvalue weighted by Gasteiger charge is 2.43. The number of amides is 1. The quantitative estimate of drug-likeness (QED) is 0.232. The predicted molar refractivity (Wildman–Crippen MR) is 163 cm³/mol. The third-order valence-corrected chi connectivity index (χ3v) is 8.09. The van der Waals surface area contributed by atoms with Crippen molar-refractivity contribution in [1.82, 2.24) is 4.90 Å². The van der Waals surface area contributed by atoms with E-state index in [4.69, 9.17) is 14.2 Å². The fourth-order valence-corrected chi connectivity index (χ4v) is 5.73. The summed E-state index contributed by atoms with van der Waals surface area (Å²) in [5, 5.41) is 0. The van der Waals surface area contributed by atoms with Crippen LogP contribution in [0.2, 0.25) is 0 Å². The molecule has 1 saturated carbocycles. The molecule has 0 bridgehead atoms. The predicted octanol–water partition coefficient (Wildman–Crippen LogP) is 7.23. The van der Waals surface area contributed by atoms with Crippen LogP contribution in [0.15, 0.2) is 60.7 Å². The molecule has 7 nitrogen and oxygen atoms in total. The minimum absolute atomic E-state index is 0.151. The highest BCUT2D eigenvalue weighted by molar-refractivity contribution is 5.84. The lowest BCUT2D eigenvalue weighted by molar-refractivity contribution is -0.154. The summed E-state index contributed by atoms with van der Waals surface area (Å²) in [6.07, 6.45) is 9.80. The van der Waals surface area contributed by atoms with Gasteiger partial charge in [-0.1, -0.05) is 86.0 Å². The molecular formula is C35H45NO6. The van der Waals surface area contributed by atoms with Gasteiger partial charge in [0.25, 0.3) is 0 Å². The Morgan fingerprint density at radius 2 is 1.64 bits per heavy atom. The normalized spacial score (nSPS) is 17.5. The maximum atomic E-state index is 13.7. The lowest BCUT2D eigenvalue weighted by Gasteiger charge is -2.37. The molecule has 0 radical (unpaired) electrons. The van der Waals surface area contributed by atoms with Crippen LogP contribution < -0.4 is 0 Å². The van der Waals surface area contributed by atoms with Gasteiger partial charge in [-0.25, -0.2) is 4.79 Å². The Kier molecular flexibility index (Phi) is 10.8. The van der Waals surface area contributed by atoms with Crippen molar-refractivity contribution in [3.05, 3.63) is 77.4 Å². The number of carbonyl (C=O) groups excluding carboxylic acids is 3. The zero-order valence-corrected chi connectivity index (χ0v) is 25.3. The summed E-state index contributed by atoms with van der Waals surface area (Å²) in [5.74, 6) is -0.206. The molecule has 2 aliphatic rings. The number of esters is 2. The molecule has 4 rings (SSSR count). The number of ether oxygens (including phenoxy) is 3. The number of hydrogen-bond donors (Lipinski definition) is 0. The summed E-state index contributed by atoms with van der Waals surface area (Å²) in [5.41, 5.74) is 1.70. The number of hydrogen-bond acceptors (Lipinski definition) is 6. The Morgan fingerprint density at radius 3 is 2.33 bits per heavy atom. The first-order valence-corrected chi connectivity index (χ1v) is 15.3. The summed E-state index contributed by atoms with van der Waals surface area (Å²) >= 11 is 0. The molecule has 0 unspecified atom stereocenters. The Hall–Kier alpha value is -3.61. The molecule has 0 N–H and O–H groups in total. The van der Waals surface area contributed by atoms with Crippen molar-refractivity contribution in [2.75, 3.05) is 19.7 Å². The fourth-order valence-electron chi connectivity index (χ4n) is 5.73. The van der Waals surface area contributed by atoms with E-state index in [9.17, 15) is 14.4 Å². The molecule has 0 atom stereocenters. The van der Waals surface area contributed by atoms with Crippen molar-refractivity contribution in [3.8, 4) is 0 Å². The van der Waals surface area contributed by atoms with E-state index in [2.05, 4.69) is 6.07 Å². The third kappa shape index (κ3) is 8.94. The maximum Gasteiger partial charge on any atom is 0.410 e. The maximum absolute atomic E-state index is 13.7. The molecule has 1 saturated heterocycles. The molecule has 2 aromatic carbocycles. The zero-order valence-electron chi connectivity index (χ0n) is 25.3. The smallest absolute Gasteiger partial charge is 0.410 e. The molecule has 0 aromatic heterocycles. The van der Waals surface area contributed by atoms with Crippen LogP contribution in [0.25, 0.3) is 6.08 Å². The van der Waals surface area contributed by atoms with Crippen LogP contribution in [0.5, 0.6) is 0 Å². The molecule has 2 fully saturated rings. The average molecular weight is 576 g/mol. The van der Waals surface area contributed by atoms with E-state index in [1.165, 1.54) is 0 Å². The Bertz CT molecular complexity index is 1220. The molecule has 1 aliphatic carbocycles. The molecule has 0 spiro atoms. The number of likely N-dealkylation sites (tertiary alicyclic amines) is 1. The van der Waals surface area contributed by atoms with Crippen LogP contribution in [0.3, 0.4) is 0 Å². The molecule has 226 valence electrons. The summed E-state index contributed by atoms with van der Waals surface area (Å²) < 4.78 is 16.9. The first-order valence-electron chi connectivity index (χ1n) is 15.3. The van der Waals surface area contributed by atoms with E-state index in [-0.39, 0.29) is 37.0 Å². The molecule has 1 aliphatic heterocycles. The third-order valence-electron chi connectivity index (χ3n) is 8.09. The van der Waals surface area contributed by atoms with E-state index in [1.54, 1.807) is 4.90 Å². The molecule has 42 heavy (non-hydrogen) atoms. The van der Waals surface area contributed by atoms with Crippen LogP contribution in [0.1, 0.15) is 88.8 Å². The van der Waals surface area contributed by atoms with Gasteiger partial charge in [-0.05, 0) is 69.1 Å². The highest BCUT2D eigenvalue weighted by atomic mass is 16.6. The summed E-state index contributed by atoms with van der Waals surface area (Å²) in [6, 6.07) is 17.7. The highest BCUT2D eigenvalue weighted by Crippen LogP contribution is 2.41. The van der Waals surface area contributed by atoms with Crippen molar-refractivity contribution < 1.29 is 28.6 Å². The fraction of sp³-hybridized carbons (Fsp3) is 0.514. The number of nitrogens with zero attached hydrogens (tertiary/aromatic N) is 1. The minimum atomic E-state index is -0.659. The number of carbonyl (C=O) groups is 3. The van der Waals surface area contributed by atoms with Gasteiger partial charge in [0.2, 0.25) is 0 Å². The second-order valence-electron chi connectivity index (χ2n) is 12.5. The first kappa shape index (κ1) is 31.3. The van der Waals surface area contributed by atoms with Crippen LogP contribution in [0.4, 0.5) is 4.79 Å². The van der Waals surface area contributed by atoms with Crippen molar-refractivity contribution in [3.63, 3.8) is 0 Å². The summed E-state index contributed by atoms with van der Waals surface area (Å²) in [7, 11) is 0. The van der Waals surface area contributed by atoms with Crippen molar-refractivity contribution >= 4 is 24.1 Å². The number of benzene rings is 2. The van der Waals surface area contributed by atoms with Gasteiger partial charge in [0.1, 0.15) is 12.2 Å². The Morgan fingerprint density at radius 1 is 0.929 bits per heavy atom. The van der Waals surface area contributed by atoms with Gasteiger partial charge < -0.3 is 19.1 Å². The van der Waals surface area contributed by atoms with E-state index in [1.807, 2.05) is 81.5 Å². The lowest BCUT2D eigenvalue weighted by Crippen LogP contribution is -2.43. The molecule has 1 amide bonds. The largest absolute Gasteiger partial charge is 0.465 e. The molecular weight excluding hydrogens is 530 g/mol. The molecule has 1 heterocycles. The van der Waals surface area contributed by atoms with E-state index in [0.717, 1.165) is 61.6 Å². The van der Waals surface area contributed by atoms with E-state index < -0.39 is 11.0 Å². The lowest BCUT2D eigenvalue weighted by atomic mass is 9.69. The summed E-state index contributed by atoms with van der Waals surface area (Å²) in [6.45, 7) is 7.45. The van der Waals surface area contributed by atoms with E-state index >= 15 is 0 Å². The van der Waals surface area contributed by atoms with Crippen molar-refractivity contribution in [1.29, 1.82) is 0 Å². The van der Waals surface area contributed by atoms with Gasteiger partial charge in [0, 0.05) is 13.1 Å². The zero-order chi connectivity index (χ0) is 30.0. The van der Waals surface area contributed by atoms with Crippen LogP contribution in [0, 0.1) is 5.92 Å². The van der Waals surface area contributed by atoms with Crippen molar-refractivity contribution in [2.24, 2.45) is 5.92 Å². The average Bonchev–Trinajstić information content (AvgIpc) is 2.99. The topological polar surface area (TPSA) is 82.1 Å². The van der Waals surface area contributed by atoms with Gasteiger partial charge in [-0.3, -0.25) is 9.59 Å². The van der Waals surface area contributed by atoms with Crippen LogP contribution in [-0.2, 0) is 35.8 Å². The monoisotopic (exact) mass is 575 g/mol. The molecule has 2 aromatic rings. The van der Waals surface area contributed by atoms with Gasteiger partial charge in [0.15, 0.2) is 0 Å².